The minimum atomic E-state index is -0.626. The fraction of sp³-hybridized carbons (Fsp3) is 0.417. The van der Waals surface area contributed by atoms with Crippen molar-refractivity contribution < 1.29 is 9.90 Å². The number of aliphatic hydroxyl groups is 1. The van der Waals surface area contributed by atoms with Crippen molar-refractivity contribution in [1.82, 2.24) is 5.32 Å². The minimum absolute atomic E-state index is 0.108. The van der Waals surface area contributed by atoms with E-state index in [-0.39, 0.29) is 12.5 Å². The summed E-state index contributed by atoms with van der Waals surface area (Å²) in [6.45, 7) is 3.73. The molecular weight excluding hydrogens is 204 g/mol. The molecule has 1 amide bonds. The molecule has 4 heteroatoms. The Balaban J connectivity index is 2.88. The van der Waals surface area contributed by atoms with E-state index >= 15 is 0 Å². The van der Waals surface area contributed by atoms with E-state index in [2.05, 4.69) is 5.32 Å². The Bertz CT molecular complexity index is 375. The minimum Gasteiger partial charge on any atom is -0.394 e. The van der Waals surface area contributed by atoms with Gasteiger partial charge in [-0.15, -0.1) is 0 Å². The lowest BCUT2D eigenvalue weighted by molar-refractivity contribution is 0.0868. The Morgan fingerprint density at radius 2 is 2.06 bits per heavy atom. The molecule has 1 aromatic carbocycles. The van der Waals surface area contributed by atoms with E-state index in [1.807, 2.05) is 12.1 Å². The maximum Gasteiger partial charge on any atom is 0.252 e. The van der Waals surface area contributed by atoms with Crippen LogP contribution in [0.3, 0.4) is 0 Å². The number of nitrogens with one attached hydrogen (secondary N) is 1. The molecule has 0 aliphatic heterocycles. The van der Waals surface area contributed by atoms with Gasteiger partial charge in [-0.1, -0.05) is 18.2 Å². The third-order valence-corrected chi connectivity index (χ3v) is 2.33. The van der Waals surface area contributed by atoms with Gasteiger partial charge in [0.15, 0.2) is 0 Å². The number of aliphatic hydroxyl groups excluding tert-OH is 1. The van der Waals surface area contributed by atoms with Crippen molar-refractivity contribution in [1.29, 1.82) is 0 Å². The van der Waals surface area contributed by atoms with Gasteiger partial charge < -0.3 is 16.2 Å². The first-order valence-electron chi connectivity index (χ1n) is 5.21. The normalized spacial score (nSPS) is 11.2. The van der Waals surface area contributed by atoms with E-state index in [4.69, 9.17) is 10.8 Å². The molecule has 0 fully saturated rings. The number of amides is 1. The SMILES string of the molecule is CC(C)(CO)NC(=O)c1ccccc1CN. The Morgan fingerprint density at radius 3 is 2.62 bits per heavy atom. The molecule has 1 aromatic rings. The molecule has 0 atom stereocenters. The van der Waals surface area contributed by atoms with Gasteiger partial charge >= 0.3 is 0 Å². The molecule has 4 N–H and O–H groups in total. The van der Waals surface area contributed by atoms with Crippen LogP contribution in [0.15, 0.2) is 24.3 Å². The lowest BCUT2D eigenvalue weighted by Gasteiger charge is -2.24. The van der Waals surface area contributed by atoms with Gasteiger partial charge in [-0.2, -0.15) is 0 Å². The number of carbonyl (C=O) groups is 1. The lowest BCUT2D eigenvalue weighted by atomic mass is 10.0. The van der Waals surface area contributed by atoms with Crippen LogP contribution >= 0.6 is 0 Å². The Hall–Kier alpha value is -1.39. The zero-order valence-electron chi connectivity index (χ0n) is 9.66. The van der Waals surface area contributed by atoms with Gasteiger partial charge in [0.1, 0.15) is 0 Å². The zero-order valence-corrected chi connectivity index (χ0v) is 9.66. The highest BCUT2D eigenvalue weighted by Gasteiger charge is 2.20. The molecule has 1 rings (SSSR count). The lowest BCUT2D eigenvalue weighted by Crippen LogP contribution is -2.46. The maximum absolute atomic E-state index is 11.9. The van der Waals surface area contributed by atoms with E-state index in [1.54, 1.807) is 26.0 Å². The van der Waals surface area contributed by atoms with E-state index in [0.29, 0.717) is 12.1 Å². The van der Waals surface area contributed by atoms with Gasteiger partial charge in [-0.3, -0.25) is 4.79 Å². The Labute approximate surface area is 95.5 Å². The van der Waals surface area contributed by atoms with E-state index in [9.17, 15) is 4.79 Å². The first-order valence-corrected chi connectivity index (χ1v) is 5.21. The largest absolute Gasteiger partial charge is 0.394 e. The predicted octanol–water partition coefficient (Wildman–Crippen LogP) is 0.646. The molecule has 0 saturated heterocycles. The molecule has 0 spiro atoms. The molecule has 0 heterocycles. The number of nitrogens with two attached hydrogens (primary N) is 1. The standard InChI is InChI=1S/C12H18N2O2/c1-12(2,8-15)14-11(16)10-6-4-3-5-9(10)7-13/h3-6,15H,7-8,13H2,1-2H3,(H,14,16). The van der Waals surface area contributed by atoms with Crippen LogP contribution in [0, 0.1) is 0 Å². The summed E-state index contributed by atoms with van der Waals surface area (Å²) in [4.78, 5) is 11.9. The Kier molecular flexibility index (Phi) is 4.04. The van der Waals surface area contributed by atoms with Crippen molar-refractivity contribution >= 4 is 5.91 Å². The van der Waals surface area contributed by atoms with Crippen LogP contribution in [0.4, 0.5) is 0 Å². The summed E-state index contributed by atoms with van der Waals surface area (Å²) in [6, 6.07) is 7.18. The van der Waals surface area contributed by atoms with Crippen LogP contribution in [0.2, 0.25) is 0 Å². The monoisotopic (exact) mass is 222 g/mol. The average Bonchev–Trinajstić information content (AvgIpc) is 2.28. The summed E-state index contributed by atoms with van der Waals surface area (Å²) < 4.78 is 0. The number of rotatable bonds is 4. The molecule has 16 heavy (non-hydrogen) atoms. The van der Waals surface area contributed by atoms with Gasteiger partial charge in [0.25, 0.3) is 5.91 Å². The number of hydrogen-bond acceptors (Lipinski definition) is 3. The van der Waals surface area contributed by atoms with Crippen LogP contribution < -0.4 is 11.1 Å². The third kappa shape index (κ3) is 3.05. The topological polar surface area (TPSA) is 75.3 Å². The summed E-state index contributed by atoms with van der Waals surface area (Å²) in [6.07, 6.45) is 0. The van der Waals surface area contributed by atoms with Crippen LogP contribution in [0.1, 0.15) is 29.8 Å². The molecule has 0 aromatic heterocycles. The quantitative estimate of drug-likeness (QED) is 0.700. The fourth-order valence-electron chi connectivity index (χ4n) is 1.33. The van der Waals surface area contributed by atoms with Crippen molar-refractivity contribution in [2.75, 3.05) is 6.61 Å². The number of carbonyl (C=O) groups excluding carboxylic acids is 1. The van der Waals surface area contributed by atoms with Crippen molar-refractivity contribution in [3.8, 4) is 0 Å². The predicted molar refractivity (Wildman–Crippen MR) is 63.0 cm³/mol. The molecule has 0 aliphatic carbocycles. The first kappa shape index (κ1) is 12.7. The maximum atomic E-state index is 11.9. The second-order valence-electron chi connectivity index (χ2n) is 4.36. The van der Waals surface area contributed by atoms with Gasteiger partial charge in [0, 0.05) is 12.1 Å². The molecule has 88 valence electrons. The molecule has 0 bridgehead atoms. The van der Waals surface area contributed by atoms with E-state index < -0.39 is 5.54 Å². The highest BCUT2D eigenvalue weighted by molar-refractivity contribution is 5.96. The van der Waals surface area contributed by atoms with Crippen LogP contribution in [-0.4, -0.2) is 23.2 Å². The van der Waals surface area contributed by atoms with Crippen LogP contribution in [0.5, 0.6) is 0 Å². The smallest absolute Gasteiger partial charge is 0.252 e. The summed E-state index contributed by atoms with van der Waals surface area (Å²) in [5.41, 5.74) is 6.29. The average molecular weight is 222 g/mol. The van der Waals surface area contributed by atoms with Crippen molar-refractivity contribution in [3.63, 3.8) is 0 Å². The van der Waals surface area contributed by atoms with Gasteiger partial charge in [-0.05, 0) is 25.5 Å². The van der Waals surface area contributed by atoms with Gasteiger partial charge in [-0.25, -0.2) is 0 Å². The molecule has 0 aliphatic rings. The van der Waals surface area contributed by atoms with Crippen molar-refractivity contribution in [2.24, 2.45) is 5.73 Å². The third-order valence-electron chi connectivity index (χ3n) is 2.33. The first-order chi connectivity index (χ1) is 7.50. The summed E-state index contributed by atoms with van der Waals surface area (Å²) >= 11 is 0. The molecule has 0 saturated carbocycles. The second-order valence-corrected chi connectivity index (χ2v) is 4.36. The molecule has 0 unspecified atom stereocenters. The number of benzene rings is 1. The van der Waals surface area contributed by atoms with Crippen molar-refractivity contribution in [3.05, 3.63) is 35.4 Å². The van der Waals surface area contributed by atoms with Gasteiger partial charge in [0.05, 0.1) is 12.1 Å². The number of hydrogen-bond donors (Lipinski definition) is 3. The molecule has 4 nitrogen and oxygen atoms in total. The van der Waals surface area contributed by atoms with Crippen LogP contribution in [-0.2, 0) is 6.54 Å². The highest BCUT2D eigenvalue weighted by atomic mass is 16.3. The summed E-state index contributed by atoms with van der Waals surface area (Å²) in [5, 5.41) is 11.8. The molecule has 0 radical (unpaired) electrons. The molecular formula is C12H18N2O2. The second kappa shape index (κ2) is 5.09. The van der Waals surface area contributed by atoms with E-state index in [0.717, 1.165) is 5.56 Å². The van der Waals surface area contributed by atoms with Crippen LogP contribution in [0.25, 0.3) is 0 Å². The van der Waals surface area contributed by atoms with E-state index in [1.165, 1.54) is 0 Å². The Morgan fingerprint density at radius 1 is 1.44 bits per heavy atom. The van der Waals surface area contributed by atoms with Crippen molar-refractivity contribution in [2.45, 2.75) is 25.9 Å². The fourth-order valence-corrected chi connectivity index (χ4v) is 1.33. The summed E-state index contributed by atoms with van der Waals surface area (Å²) in [7, 11) is 0. The highest BCUT2D eigenvalue weighted by Crippen LogP contribution is 2.10. The van der Waals surface area contributed by atoms with Gasteiger partial charge in [0.2, 0.25) is 0 Å². The summed E-state index contributed by atoms with van der Waals surface area (Å²) in [5.74, 6) is -0.208. The zero-order chi connectivity index (χ0) is 12.2.